The maximum absolute atomic E-state index is 12.2. The normalized spacial score (nSPS) is 14.9. The Balaban J connectivity index is 1.90. The SMILES string of the molecule is COc1ccc(/C=C2N=C(/C=C/c3ccc(Cl)cc3)OC\2=O)c(OC)c1OC. The molecule has 0 aliphatic carbocycles. The first-order chi connectivity index (χ1) is 13.5. The van der Waals surface area contributed by atoms with Crippen molar-refractivity contribution in [2.45, 2.75) is 0 Å². The summed E-state index contributed by atoms with van der Waals surface area (Å²) in [6.07, 6.45) is 4.97. The molecule has 0 saturated heterocycles. The molecule has 2 aromatic rings. The van der Waals surface area contributed by atoms with E-state index in [2.05, 4.69) is 4.99 Å². The number of halogens is 1. The zero-order chi connectivity index (χ0) is 20.1. The highest BCUT2D eigenvalue weighted by Gasteiger charge is 2.23. The third-order valence-electron chi connectivity index (χ3n) is 3.95. The highest BCUT2D eigenvalue weighted by molar-refractivity contribution is 6.30. The quantitative estimate of drug-likeness (QED) is 0.533. The summed E-state index contributed by atoms with van der Waals surface area (Å²) in [6, 6.07) is 10.7. The summed E-state index contributed by atoms with van der Waals surface area (Å²) in [4.78, 5) is 16.4. The fourth-order valence-corrected chi connectivity index (χ4v) is 2.75. The van der Waals surface area contributed by atoms with E-state index in [4.69, 9.17) is 30.5 Å². The number of benzene rings is 2. The van der Waals surface area contributed by atoms with Crippen molar-refractivity contribution >= 4 is 35.6 Å². The van der Waals surface area contributed by atoms with E-state index in [0.29, 0.717) is 27.8 Å². The molecule has 0 atom stereocenters. The Morgan fingerprint density at radius 1 is 0.929 bits per heavy atom. The molecule has 1 aliphatic heterocycles. The molecule has 2 aromatic carbocycles. The van der Waals surface area contributed by atoms with Gasteiger partial charge in [-0.2, -0.15) is 0 Å². The zero-order valence-corrected chi connectivity index (χ0v) is 16.3. The summed E-state index contributed by atoms with van der Waals surface area (Å²) in [5.74, 6) is 1.03. The lowest BCUT2D eigenvalue weighted by Gasteiger charge is -2.14. The van der Waals surface area contributed by atoms with E-state index in [1.54, 1.807) is 42.5 Å². The molecule has 3 rings (SSSR count). The molecule has 1 aliphatic rings. The molecule has 0 aromatic heterocycles. The first-order valence-electron chi connectivity index (χ1n) is 8.31. The van der Waals surface area contributed by atoms with Crippen LogP contribution in [-0.4, -0.2) is 33.2 Å². The van der Waals surface area contributed by atoms with Crippen molar-refractivity contribution in [1.82, 2.24) is 0 Å². The molecule has 28 heavy (non-hydrogen) atoms. The molecule has 7 heteroatoms. The van der Waals surface area contributed by atoms with Crippen molar-refractivity contribution in [1.29, 1.82) is 0 Å². The molecule has 0 N–H and O–H groups in total. The molecule has 144 valence electrons. The molecule has 0 unspecified atom stereocenters. The number of carbonyl (C=O) groups is 1. The number of cyclic esters (lactones) is 1. The molecule has 0 radical (unpaired) electrons. The van der Waals surface area contributed by atoms with Crippen molar-refractivity contribution in [3.05, 3.63) is 64.3 Å². The van der Waals surface area contributed by atoms with Crippen LogP contribution in [0.15, 0.2) is 53.2 Å². The summed E-state index contributed by atoms with van der Waals surface area (Å²) < 4.78 is 21.2. The smallest absolute Gasteiger partial charge is 0.363 e. The van der Waals surface area contributed by atoms with Crippen LogP contribution in [0.5, 0.6) is 17.2 Å². The van der Waals surface area contributed by atoms with Crippen molar-refractivity contribution < 1.29 is 23.7 Å². The van der Waals surface area contributed by atoms with Gasteiger partial charge in [-0.25, -0.2) is 9.79 Å². The van der Waals surface area contributed by atoms with Gasteiger partial charge in [0.25, 0.3) is 0 Å². The van der Waals surface area contributed by atoms with E-state index in [1.807, 2.05) is 12.1 Å². The van der Waals surface area contributed by atoms with Crippen LogP contribution in [0.2, 0.25) is 5.02 Å². The minimum atomic E-state index is -0.549. The fraction of sp³-hybridized carbons (Fsp3) is 0.143. The summed E-state index contributed by atoms with van der Waals surface area (Å²) >= 11 is 5.87. The van der Waals surface area contributed by atoms with Gasteiger partial charge in [0.1, 0.15) is 0 Å². The van der Waals surface area contributed by atoms with Crippen LogP contribution >= 0.6 is 11.6 Å². The lowest BCUT2D eigenvalue weighted by atomic mass is 10.1. The van der Waals surface area contributed by atoms with Crippen molar-refractivity contribution in [3.8, 4) is 17.2 Å². The molecule has 0 spiro atoms. The Bertz CT molecular complexity index is 977. The van der Waals surface area contributed by atoms with Crippen LogP contribution in [0, 0.1) is 0 Å². The standard InChI is InChI=1S/C21H18ClNO5/c1-25-17-10-7-14(19(26-2)20(17)27-3)12-16-21(24)28-18(23-16)11-6-13-4-8-15(22)9-5-13/h4-12H,1-3H3/b11-6+,16-12-. The van der Waals surface area contributed by atoms with Gasteiger partial charge in [-0.3, -0.25) is 0 Å². The average molecular weight is 400 g/mol. The van der Waals surface area contributed by atoms with E-state index in [-0.39, 0.29) is 11.6 Å². The Hall–Kier alpha value is -3.25. The van der Waals surface area contributed by atoms with Crippen LogP contribution in [0.1, 0.15) is 11.1 Å². The molecule has 0 bridgehead atoms. The Kier molecular flexibility index (Phi) is 6.01. The van der Waals surface area contributed by atoms with Crippen LogP contribution in [0.25, 0.3) is 12.2 Å². The summed E-state index contributed by atoms with van der Waals surface area (Å²) in [5.41, 5.74) is 1.67. The second kappa shape index (κ2) is 8.63. The first-order valence-corrected chi connectivity index (χ1v) is 8.68. The second-order valence-corrected chi connectivity index (χ2v) is 6.11. The zero-order valence-electron chi connectivity index (χ0n) is 15.6. The maximum atomic E-state index is 12.2. The molecule has 0 amide bonds. The molecule has 0 fully saturated rings. The first kappa shape index (κ1) is 19.5. The van der Waals surface area contributed by atoms with Gasteiger partial charge in [-0.15, -0.1) is 0 Å². The summed E-state index contributed by atoms with van der Waals surface area (Å²) in [5, 5.41) is 0.649. The van der Waals surface area contributed by atoms with Gasteiger partial charge < -0.3 is 18.9 Å². The number of rotatable bonds is 6. The maximum Gasteiger partial charge on any atom is 0.363 e. The number of esters is 1. The van der Waals surface area contributed by atoms with Crippen LogP contribution in [0.3, 0.4) is 0 Å². The van der Waals surface area contributed by atoms with Crippen LogP contribution in [-0.2, 0) is 9.53 Å². The van der Waals surface area contributed by atoms with Gasteiger partial charge in [0, 0.05) is 16.7 Å². The van der Waals surface area contributed by atoms with Gasteiger partial charge in [0.2, 0.25) is 11.6 Å². The lowest BCUT2D eigenvalue weighted by Crippen LogP contribution is -2.01. The monoisotopic (exact) mass is 399 g/mol. The Morgan fingerprint density at radius 3 is 2.29 bits per heavy atom. The third kappa shape index (κ3) is 4.18. The highest BCUT2D eigenvalue weighted by Crippen LogP contribution is 2.40. The number of ether oxygens (including phenoxy) is 4. The molecular weight excluding hydrogens is 382 g/mol. The Labute approximate surface area is 167 Å². The van der Waals surface area contributed by atoms with Crippen LogP contribution in [0.4, 0.5) is 0 Å². The predicted octanol–water partition coefficient (Wildman–Crippen LogP) is 4.38. The second-order valence-electron chi connectivity index (χ2n) is 5.68. The number of hydrogen-bond donors (Lipinski definition) is 0. The molecule has 6 nitrogen and oxygen atoms in total. The van der Waals surface area contributed by atoms with Gasteiger partial charge in [0.05, 0.1) is 21.3 Å². The van der Waals surface area contributed by atoms with E-state index in [1.165, 1.54) is 21.3 Å². The summed E-state index contributed by atoms with van der Waals surface area (Å²) in [6.45, 7) is 0. The van der Waals surface area contributed by atoms with E-state index < -0.39 is 5.97 Å². The largest absolute Gasteiger partial charge is 0.493 e. The van der Waals surface area contributed by atoms with Crippen molar-refractivity contribution in [2.24, 2.45) is 4.99 Å². The van der Waals surface area contributed by atoms with E-state index in [9.17, 15) is 4.79 Å². The molecule has 1 heterocycles. The highest BCUT2D eigenvalue weighted by atomic mass is 35.5. The molecule has 0 saturated carbocycles. The molecular formula is C21H18ClNO5. The van der Waals surface area contributed by atoms with Crippen LogP contribution < -0.4 is 14.2 Å². The fourth-order valence-electron chi connectivity index (χ4n) is 2.62. The predicted molar refractivity (Wildman–Crippen MR) is 108 cm³/mol. The van der Waals surface area contributed by atoms with E-state index in [0.717, 1.165) is 5.56 Å². The third-order valence-corrected chi connectivity index (χ3v) is 4.20. The number of hydrogen-bond acceptors (Lipinski definition) is 6. The average Bonchev–Trinajstić information content (AvgIpc) is 3.06. The summed E-state index contributed by atoms with van der Waals surface area (Å²) in [7, 11) is 4.56. The lowest BCUT2D eigenvalue weighted by molar-refractivity contribution is -0.129. The minimum Gasteiger partial charge on any atom is -0.493 e. The van der Waals surface area contributed by atoms with Crippen molar-refractivity contribution in [3.63, 3.8) is 0 Å². The Morgan fingerprint density at radius 2 is 1.64 bits per heavy atom. The van der Waals surface area contributed by atoms with Crippen molar-refractivity contribution in [2.75, 3.05) is 21.3 Å². The van der Waals surface area contributed by atoms with Gasteiger partial charge in [-0.05, 0) is 42.0 Å². The number of methoxy groups -OCH3 is 3. The minimum absolute atomic E-state index is 0.154. The van der Waals surface area contributed by atoms with E-state index >= 15 is 0 Å². The topological polar surface area (TPSA) is 66.4 Å². The number of nitrogens with zero attached hydrogens (tertiary/aromatic N) is 1. The van der Waals surface area contributed by atoms with Gasteiger partial charge in [0.15, 0.2) is 17.2 Å². The van der Waals surface area contributed by atoms with Gasteiger partial charge >= 0.3 is 5.97 Å². The number of carbonyl (C=O) groups excluding carboxylic acids is 1. The number of aliphatic imine (C=N–C) groups is 1. The van der Waals surface area contributed by atoms with Gasteiger partial charge in [-0.1, -0.05) is 23.7 Å².